The van der Waals surface area contributed by atoms with Crippen molar-refractivity contribution in [1.82, 2.24) is 9.88 Å². The predicted octanol–water partition coefficient (Wildman–Crippen LogP) is 5.37. The molecule has 1 aliphatic heterocycles. The maximum Gasteiger partial charge on any atom is 0.416 e. The Labute approximate surface area is 158 Å². The van der Waals surface area contributed by atoms with Crippen molar-refractivity contribution in [2.24, 2.45) is 0 Å². The largest absolute Gasteiger partial charge is 0.465 e. The molecule has 0 saturated carbocycles. The summed E-state index contributed by atoms with van der Waals surface area (Å²) >= 11 is 0. The summed E-state index contributed by atoms with van der Waals surface area (Å²) in [6, 6.07) is 10.3. The average Bonchev–Trinajstić information content (AvgIpc) is 3.11. The SMILES string of the molecule is O=C(O)N1CCC(c2ccc3oc(-c4ccc(C(F)(F)F)cc4)nc3c2)CC1. The molecule has 1 amide bonds. The Kier molecular flexibility index (Phi) is 4.49. The van der Waals surface area contributed by atoms with E-state index in [2.05, 4.69) is 4.98 Å². The van der Waals surface area contributed by atoms with Gasteiger partial charge >= 0.3 is 12.3 Å². The molecule has 1 aliphatic rings. The fourth-order valence-corrected chi connectivity index (χ4v) is 3.53. The summed E-state index contributed by atoms with van der Waals surface area (Å²) in [6.07, 6.45) is -3.81. The van der Waals surface area contributed by atoms with E-state index in [0.29, 0.717) is 29.8 Å². The van der Waals surface area contributed by atoms with Crippen LogP contribution in [-0.2, 0) is 6.18 Å². The van der Waals surface area contributed by atoms with Crippen LogP contribution in [0.3, 0.4) is 0 Å². The topological polar surface area (TPSA) is 66.6 Å². The Bertz CT molecular complexity index is 1000. The van der Waals surface area contributed by atoms with Crippen molar-refractivity contribution in [3.8, 4) is 11.5 Å². The third-order valence-electron chi connectivity index (χ3n) is 5.11. The summed E-state index contributed by atoms with van der Waals surface area (Å²) in [5.41, 5.74) is 2.00. The van der Waals surface area contributed by atoms with Crippen LogP contribution >= 0.6 is 0 Å². The van der Waals surface area contributed by atoms with Crippen LogP contribution in [0.1, 0.15) is 29.9 Å². The maximum atomic E-state index is 12.7. The summed E-state index contributed by atoms with van der Waals surface area (Å²) in [4.78, 5) is 16.9. The molecule has 4 rings (SSSR count). The van der Waals surface area contributed by atoms with E-state index in [1.807, 2.05) is 12.1 Å². The summed E-state index contributed by atoms with van der Waals surface area (Å²) in [5.74, 6) is 0.507. The zero-order valence-corrected chi connectivity index (χ0v) is 14.7. The van der Waals surface area contributed by atoms with E-state index in [4.69, 9.17) is 9.52 Å². The van der Waals surface area contributed by atoms with E-state index in [-0.39, 0.29) is 11.8 Å². The van der Waals surface area contributed by atoms with Crippen LogP contribution < -0.4 is 0 Å². The molecule has 0 aliphatic carbocycles. The number of halogens is 3. The summed E-state index contributed by atoms with van der Waals surface area (Å²) in [5, 5.41) is 9.05. The Morgan fingerprint density at radius 2 is 1.79 bits per heavy atom. The number of hydrogen-bond acceptors (Lipinski definition) is 3. The van der Waals surface area contributed by atoms with Crippen LogP contribution in [0.25, 0.3) is 22.6 Å². The van der Waals surface area contributed by atoms with Gasteiger partial charge in [-0.2, -0.15) is 13.2 Å². The maximum absolute atomic E-state index is 12.7. The molecule has 1 N–H and O–H groups in total. The molecule has 0 spiro atoms. The Morgan fingerprint density at radius 1 is 1.11 bits per heavy atom. The fourth-order valence-electron chi connectivity index (χ4n) is 3.53. The molecular weight excluding hydrogens is 373 g/mol. The number of aromatic nitrogens is 1. The minimum Gasteiger partial charge on any atom is -0.465 e. The number of carboxylic acid groups (broad SMARTS) is 1. The van der Waals surface area contributed by atoms with Gasteiger partial charge in [0.05, 0.1) is 5.56 Å². The highest BCUT2D eigenvalue weighted by Gasteiger charge is 2.30. The zero-order chi connectivity index (χ0) is 19.9. The molecule has 2 heterocycles. The molecule has 28 heavy (non-hydrogen) atoms. The molecule has 2 aromatic carbocycles. The molecule has 1 saturated heterocycles. The Morgan fingerprint density at radius 3 is 2.39 bits per heavy atom. The van der Waals surface area contributed by atoms with Gasteiger partial charge in [-0.15, -0.1) is 0 Å². The van der Waals surface area contributed by atoms with Gasteiger partial charge in [-0.05, 0) is 60.7 Å². The fraction of sp³-hybridized carbons (Fsp3) is 0.300. The molecule has 3 aromatic rings. The first-order valence-corrected chi connectivity index (χ1v) is 8.87. The second-order valence-corrected chi connectivity index (χ2v) is 6.87. The molecule has 0 atom stereocenters. The minimum absolute atomic E-state index is 0.242. The van der Waals surface area contributed by atoms with Crippen molar-refractivity contribution in [2.45, 2.75) is 24.9 Å². The van der Waals surface area contributed by atoms with Crippen LogP contribution in [-0.4, -0.2) is 34.2 Å². The lowest BCUT2D eigenvalue weighted by Gasteiger charge is -2.30. The summed E-state index contributed by atoms with van der Waals surface area (Å²) in [7, 11) is 0. The van der Waals surface area contributed by atoms with Gasteiger partial charge in [-0.3, -0.25) is 0 Å². The van der Waals surface area contributed by atoms with Gasteiger partial charge < -0.3 is 14.4 Å². The summed E-state index contributed by atoms with van der Waals surface area (Å²) < 4.78 is 43.8. The number of amides is 1. The lowest BCUT2D eigenvalue weighted by atomic mass is 9.89. The van der Waals surface area contributed by atoms with Crippen molar-refractivity contribution >= 4 is 17.2 Å². The second kappa shape index (κ2) is 6.85. The van der Waals surface area contributed by atoms with E-state index in [1.54, 1.807) is 6.07 Å². The number of piperidine rings is 1. The zero-order valence-electron chi connectivity index (χ0n) is 14.7. The first-order chi connectivity index (χ1) is 13.3. The Balaban J connectivity index is 1.56. The lowest BCUT2D eigenvalue weighted by molar-refractivity contribution is -0.137. The number of oxazole rings is 1. The quantitative estimate of drug-likeness (QED) is 0.639. The van der Waals surface area contributed by atoms with Crippen LogP contribution in [0.5, 0.6) is 0 Å². The second-order valence-electron chi connectivity index (χ2n) is 6.87. The molecule has 8 heteroatoms. The number of nitrogens with zero attached hydrogens (tertiary/aromatic N) is 2. The third-order valence-corrected chi connectivity index (χ3v) is 5.11. The van der Waals surface area contributed by atoms with Crippen molar-refractivity contribution < 1.29 is 27.5 Å². The molecule has 0 radical (unpaired) electrons. The smallest absolute Gasteiger partial charge is 0.416 e. The number of alkyl halides is 3. The summed E-state index contributed by atoms with van der Waals surface area (Å²) in [6.45, 7) is 0.987. The van der Waals surface area contributed by atoms with Crippen molar-refractivity contribution in [3.63, 3.8) is 0 Å². The monoisotopic (exact) mass is 390 g/mol. The molecular formula is C20H17F3N2O3. The van der Waals surface area contributed by atoms with Gasteiger partial charge in [-0.1, -0.05) is 6.07 Å². The minimum atomic E-state index is -4.38. The number of carbonyl (C=O) groups is 1. The van der Waals surface area contributed by atoms with Crippen LogP contribution in [0.4, 0.5) is 18.0 Å². The first-order valence-electron chi connectivity index (χ1n) is 8.87. The van der Waals surface area contributed by atoms with Crippen molar-refractivity contribution in [2.75, 3.05) is 13.1 Å². The highest BCUT2D eigenvalue weighted by Crippen LogP contribution is 2.33. The normalized spacial score (nSPS) is 15.9. The van der Waals surface area contributed by atoms with Gasteiger partial charge in [-0.25, -0.2) is 9.78 Å². The highest BCUT2D eigenvalue weighted by atomic mass is 19.4. The van der Waals surface area contributed by atoms with E-state index in [0.717, 1.165) is 30.5 Å². The number of rotatable bonds is 2. The van der Waals surface area contributed by atoms with Gasteiger partial charge in [0.15, 0.2) is 5.58 Å². The third kappa shape index (κ3) is 3.54. The van der Waals surface area contributed by atoms with Gasteiger partial charge in [0.25, 0.3) is 0 Å². The standard InChI is InChI=1S/C20H17F3N2O3/c21-20(22,23)15-4-1-13(2-5-15)18-24-16-11-14(3-6-17(16)28-18)12-7-9-25(10-8-12)19(26)27/h1-6,11-12H,7-10H2,(H,26,27). The van der Waals surface area contributed by atoms with Crippen LogP contribution in [0.2, 0.25) is 0 Å². The van der Waals surface area contributed by atoms with E-state index >= 15 is 0 Å². The lowest BCUT2D eigenvalue weighted by Crippen LogP contribution is -2.36. The van der Waals surface area contributed by atoms with Gasteiger partial charge in [0, 0.05) is 18.7 Å². The molecule has 0 unspecified atom stereocenters. The Hall–Kier alpha value is -3.03. The van der Waals surface area contributed by atoms with E-state index in [1.165, 1.54) is 17.0 Å². The van der Waals surface area contributed by atoms with Crippen molar-refractivity contribution in [1.29, 1.82) is 0 Å². The average molecular weight is 390 g/mol. The number of likely N-dealkylation sites (tertiary alicyclic amines) is 1. The van der Waals surface area contributed by atoms with E-state index in [9.17, 15) is 18.0 Å². The predicted molar refractivity (Wildman–Crippen MR) is 96.0 cm³/mol. The van der Waals surface area contributed by atoms with Crippen molar-refractivity contribution in [3.05, 3.63) is 53.6 Å². The van der Waals surface area contributed by atoms with Gasteiger partial charge in [0.2, 0.25) is 5.89 Å². The number of fused-ring (bicyclic) bond motifs is 1. The van der Waals surface area contributed by atoms with Crippen LogP contribution in [0.15, 0.2) is 46.9 Å². The first kappa shape index (κ1) is 18.3. The molecule has 5 nitrogen and oxygen atoms in total. The number of benzene rings is 2. The van der Waals surface area contributed by atoms with Crippen LogP contribution in [0, 0.1) is 0 Å². The molecule has 1 fully saturated rings. The number of hydrogen-bond donors (Lipinski definition) is 1. The van der Waals surface area contributed by atoms with Gasteiger partial charge in [0.1, 0.15) is 5.52 Å². The highest BCUT2D eigenvalue weighted by molar-refractivity contribution is 5.77. The van der Waals surface area contributed by atoms with E-state index < -0.39 is 17.8 Å². The molecule has 1 aromatic heterocycles. The molecule has 146 valence electrons. The molecule has 0 bridgehead atoms.